The molecule has 3 aromatic carbocycles. The first-order valence-electron chi connectivity index (χ1n) is 10.7. The molecule has 0 aliphatic carbocycles. The highest BCUT2D eigenvalue weighted by atomic mass is 35.5. The van der Waals surface area contributed by atoms with Crippen LogP contribution in [0.2, 0.25) is 5.02 Å². The van der Waals surface area contributed by atoms with Gasteiger partial charge in [-0.1, -0.05) is 66.2 Å². The Labute approximate surface area is 198 Å². The molecule has 0 unspecified atom stereocenters. The summed E-state index contributed by atoms with van der Waals surface area (Å²) in [6.07, 6.45) is 0. The van der Waals surface area contributed by atoms with Gasteiger partial charge in [-0.15, -0.1) is 0 Å². The summed E-state index contributed by atoms with van der Waals surface area (Å²) in [7, 11) is 0. The second kappa shape index (κ2) is 8.93. The predicted octanol–water partition coefficient (Wildman–Crippen LogP) is 7.20. The van der Waals surface area contributed by atoms with Gasteiger partial charge in [-0.2, -0.15) is 0 Å². The first-order valence-corrected chi connectivity index (χ1v) is 11.1. The molecule has 2 heterocycles. The van der Waals surface area contributed by atoms with Gasteiger partial charge in [0.05, 0.1) is 0 Å². The molecule has 5 rings (SSSR count). The second-order valence-electron chi connectivity index (χ2n) is 7.90. The maximum Gasteiger partial charge on any atom is 0.164 e. The number of rotatable bonds is 4. The molecule has 4 nitrogen and oxygen atoms in total. The molecular weight excluding hydrogens is 428 g/mol. The van der Waals surface area contributed by atoms with Gasteiger partial charge in [0, 0.05) is 33.1 Å². The third-order valence-corrected chi connectivity index (χ3v) is 5.58. The Bertz CT molecular complexity index is 1390. The average Bonchev–Trinajstić information content (AvgIpc) is 2.84. The zero-order valence-corrected chi connectivity index (χ0v) is 19.1. The number of hydrogen-bond donors (Lipinski definition) is 0. The Morgan fingerprint density at radius 1 is 0.455 bits per heavy atom. The quantitative estimate of drug-likeness (QED) is 0.291. The van der Waals surface area contributed by atoms with Gasteiger partial charge in [0.15, 0.2) is 17.5 Å². The van der Waals surface area contributed by atoms with Gasteiger partial charge >= 0.3 is 0 Å². The lowest BCUT2D eigenvalue weighted by Gasteiger charge is -2.09. The van der Waals surface area contributed by atoms with Gasteiger partial charge < -0.3 is 0 Å². The highest BCUT2D eigenvalue weighted by Crippen LogP contribution is 2.28. The van der Waals surface area contributed by atoms with E-state index in [9.17, 15) is 0 Å². The van der Waals surface area contributed by atoms with Crippen molar-refractivity contribution in [2.45, 2.75) is 13.8 Å². The molecule has 33 heavy (non-hydrogen) atoms. The second-order valence-corrected chi connectivity index (χ2v) is 8.33. The minimum absolute atomic E-state index is 0.611. The lowest BCUT2D eigenvalue weighted by atomic mass is 10.0. The van der Waals surface area contributed by atoms with Crippen molar-refractivity contribution in [1.29, 1.82) is 0 Å². The largest absolute Gasteiger partial charge is 0.258 e. The van der Waals surface area contributed by atoms with Crippen molar-refractivity contribution < 1.29 is 0 Å². The summed E-state index contributed by atoms with van der Waals surface area (Å²) in [5.41, 5.74) is 7.04. The molecule has 0 saturated heterocycles. The molecule has 0 spiro atoms. The van der Waals surface area contributed by atoms with Gasteiger partial charge in [-0.25, -0.2) is 15.0 Å². The first-order chi connectivity index (χ1) is 16.0. The maximum absolute atomic E-state index is 6.08. The summed E-state index contributed by atoms with van der Waals surface area (Å²) in [5, 5.41) is 0.675. The molecule has 0 N–H and O–H groups in total. The number of nitrogens with zero attached hydrogens (tertiary/aromatic N) is 4. The molecule has 0 amide bonds. The molecule has 0 aliphatic rings. The summed E-state index contributed by atoms with van der Waals surface area (Å²) in [6.45, 7) is 4.03. The van der Waals surface area contributed by atoms with Crippen molar-refractivity contribution in [3.63, 3.8) is 0 Å². The molecule has 0 radical (unpaired) electrons. The normalized spacial score (nSPS) is 10.9. The Balaban J connectivity index is 1.59. The molecule has 0 bridgehead atoms. The minimum atomic E-state index is 0.611. The van der Waals surface area contributed by atoms with Gasteiger partial charge in [0.25, 0.3) is 0 Å². The van der Waals surface area contributed by atoms with Crippen LogP contribution in [-0.2, 0) is 0 Å². The Kier molecular flexibility index (Phi) is 5.68. The number of pyridine rings is 1. The molecule has 0 aliphatic heterocycles. The van der Waals surface area contributed by atoms with Crippen molar-refractivity contribution in [3.8, 4) is 45.3 Å². The Morgan fingerprint density at radius 3 is 1.39 bits per heavy atom. The predicted molar refractivity (Wildman–Crippen MR) is 134 cm³/mol. The minimum Gasteiger partial charge on any atom is -0.258 e. The van der Waals surface area contributed by atoms with Crippen LogP contribution in [0.25, 0.3) is 45.3 Å². The monoisotopic (exact) mass is 448 g/mol. The third kappa shape index (κ3) is 4.66. The smallest absolute Gasteiger partial charge is 0.164 e. The number of aromatic nitrogens is 4. The van der Waals surface area contributed by atoms with Crippen molar-refractivity contribution >= 4 is 11.6 Å². The molecule has 0 saturated carbocycles. The van der Waals surface area contributed by atoms with E-state index in [2.05, 4.69) is 41.4 Å². The standard InChI is InChI=1S/C28H21ClN4/c1-18-16-24(17-19(2)30-18)20-8-10-22(11-9-20)27-31-26(21-6-4-3-5-7-21)32-28(33-27)23-12-14-25(29)15-13-23/h3-17H,1-2H3. The van der Waals surface area contributed by atoms with Gasteiger partial charge in [-0.3, -0.25) is 4.98 Å². The Hall–Kier alpha value is -3.89. The molecule has 0 fully saturated rings. The van der Waals surface area contributed by atoms with E-state index in [1.165, 1.54) is 0 Å². The van der Waals surface area contributed by atoms with Crippen LogP contribution in [0.15, 0.2) is 91.0 Å². The van der Waals surface area contributed by atoms with Crippen molar-refractivity contribution in [1.82, 2.24) is 19.9 Å². The molecule has 160 valence electrons. The van der Waals surface area contributed by atoms with Gasteiger partial charge in [-0.05, 0) is 61.4 Å². The van der Waals surface area contributed by atoms with Crippen LogP contribution in [0.5, 0.6) is 0 Å². The summed E-state index contributed by atoms with van der Waals surface area (Å²) in [4.78, 5) is 18.8. The van der Waals surface area contributed by atoms with Crippen LogP contribution in [0.1, 0.15) is 11.4 Å². The first kappa shape index (κ1) is 21.0. The van der Waals surface area contributed by atoms with Crippen LogP contribution < -0.4 is 0 Å². The zero-order chi connectivity index (χ0) is 22.8. The van der Waals surface area contributed by atoms with E-state index in [4.69, 9.17) is 26.6 Å². The van der Waals surface area contributed by atoms with Crippen molar-refractivity contribution in [2.24, 2.45) is 0 Å². The van der Waals surface area contributed by atoms with E-state index >= 15 is 0 Å². The topological polar surface area (TPSA) is 51.6 Å². The summed E-state index contributed by atoms with van der Waals surface area (Å²) in [5.74, 6) is 1.87. The van der Waals surface area contributed by atoms with Crippen LogP contribution >= 0.6 is 11.6 Å². The van der Waals surface area contributed by atoms with Gasteiger partial charge in [0.1, 0.15) is 0 Å². The van der Waals surface area contributed by atoms with Gasteiger partial charge in [0.2, 0.25) is 0 Å². The average molecular weight is 449 g/mol. The zero-order valence-electron chi connectivity index (χ0n) is 18.3. The Morgan fingerprint density at radius 2 is 0.879 bits per heavy atom. The van der Waals surface area contributed by atoms with E-state index in [0.717, 1.165) is 39.2 Å². The van der Waals surface area contributed by atoms with Crippen LogP contribution in [0, 0.1) is 13.8 Å². The summed E-state index contributed by atoms with van der Waals surface area (Å²) < 4.78 is 0. The molecule has 2 aromatic heterocycles. The van der Waals surface area contributed by atoms with E-state index in [1.807, 2.05) is 68.4 Å². The summed E-state index contributed by atoms with van der Waals surface area (Å²) >= 11 is 6.08. The third-order valence-electron chi connectivity index (χ3n) is 5.33. The molecule has 5 heteroatoms. The lowest BCUT2D eigenvalue weighted by Crippen LogP contribution is -2.00. The van der Waals surface area contributed by atoms with Crippen LogP contribution in [0.3, 0.4) is 0 Å². The number of benzene rings is 3. The molecular formula is C28H21ClN4. The van der Waals surface area contributed by atoms with E-state index in [0.29, 0.717) is 22.5 Å². The van der Waals surface area contributed by atoms with Crippen LogP contribution in [-0.4, -0.2) is 19.9 Å². The number of hydrogen-bond acceptors (Lipinski definition) is 4. The van der Waals surface area contributed by atoms with Crippen molar-refractivity contribution in [3.05, 3.63) is 107 Å². The maximum atomic E-state index is 6.08. The fourth-order valence-electron chi connectivity index (χ4n) is 3.76. The number of halogens is 1. The highest BCUT2D eigenvalue weighted by Gasteiger charge is 2.12. The lowest BCUT2D eigenvalue weighted by molar-refractivity contribution is 1.07. The van der Waals surface area contributed by atoms with E-state index in [1.54, 1.807) is 0 Å². The fourth-order valence-corrected chi connectivity index (χ4v) is 3.89. The number of aryl methyl sites for hydroxylation is 2. The SMILES string of the molecule is Cc1cc(-c2ccc(-c3nc(-c4ccccc4)nc(-c4ccc(Cl)cc4)n3)cc2)cc(C)n1. The fraction of sp³-hybridized carbons (Fsp3) is 0.0714. The van der Waals surface area contributed by atoms with Crippen molar-refractivity contribution in [2.75, 3.05) is 0 Å². The van der Waals surface area contributed by atoms with Crippen LogP contribution in [0.4, 0.5) is 0 Å². The van der Waals surface area contributed by atoms with E-state index < -0.39 is 0 Å². The molecule has 0 atom stereocenters. The summed E-state index contributed by atoms with van der Waals surface area (Å²) in [6, 6.07) is 30.0. The van der Waals surface area contributed by atoms with E-state index in [-0.39, 0.29) is 0 Å². The highest BCUT2D eigenvalue weighted by molar-refractivity contribution is 6.30. The molecule has 5 aromatic rings.